The predicted molar refractivity (Wildman–Crippen MR) is 98.6 cm³/mol. The van der Waals surface area contributed by atoms with E-state index in [-0.39, 0.29) is 5.56 Å². The SMILES string of the molecule is Cc1[nH]c(=O)c2cc(Cl)ccc2c1CN1CCc2ccccc2C1. The van der Waals surface area contributed by atoms with Crippen LogP contribution in [0.15, 0.2) is 47.3 Å². The van der Waals surface area contributed by atoms with E-state index in [0.29, 0.717) is 10.4 Å². The van der Waals surface area contributed by atoms with Gasteiger partial charge in [-0.1, -0.05) is 41.9 Å². The average molecular weight is 339 g/mol. The van der Waals surface area contributed by atoms with Gasteiger partial charge in [-0.25, -0.2) is 0 Å². The molecule has 3 nitrogen and oxygen atoms in total. The van der Waals surface area contributed by atoms with Crippen molar-refractivity contribution in [2.24, 2.45) is 0 Å². The Hall–Kier alpha value is -2.10. The van der Waals surface area contributed by atoms with Crippen LogP contribution in [0.2, 0.25) is 5.02 Å². The molecule has 122 valence electrons. The first-order valence-electron chi connectivity index (χ1n) is 8.22. The lowest BCUT2D eigenvalue weighted by Crippen LogP contribution is -2.30. The fourth-order valence-electron chi connectivity index (χ4n) is 3.60. The number of nitrogens with zero attached hydrogens (tertiary/aromatic N) is 1. The number of aryl methyl sites for hydroxylation is 1. The van der Waals surface area contributed by atoms with Crippen molar-refractivity contribution >= 4 is 22.4 Å². The van der Waals surface area contributed by atoms with Crippen molar-refractivity contribution in [3.8, 4) is 0 Å². The Morgan fingerprint density at radius 2 is 1.92 bits per heavy atom. The topological polar surface area (TPSA) is 36.1 Å². The highest BCUT2D eigenvalue weighted by Crippen LogP contribution is 2.25. The third kappa shape index (κ3) is 2.74. The minimum atomic E-state index is -0.0715. The lowest BCUT2D eigenvalue weighted by Gasteiger charge is -2.29. The van der Waals surface area contributed by atoms with Gasteiger partial charge in [-0.05, 0) is 47.6 Å². The fraction of sp³-hybridized carbons (Fsp3) is 0.250. The molecular formula is C20H19ClN2O. The molecule has 1 aliphatic rings. The van der Waals surface area contributed by atoms with E-state index in [0.717, 1.165) is 37.1 Å². The van der Waals surface area contributed by atoms with E-state index in [9.17, 15) is 4.79 Å². The second-order valence-corrected chi connectivity index (χ2v) is 6.91. The van der Waals surface area contributed by atoms with Crippen LogP contribution in [-0.4, -0.2) is 16.4 Å². The zero-order valence-corrected chi connectivity index (χ0v) is 14.4. The van der Waals surface area contributed by atoms with E-state index in [2.05, 4.69) is 34.1 Å². The Balaban J connectivity index is 1.72. The van der Waals surface area contributed by atoms with Crippen molar-refractivity contribution < 1.29 is 0 Å². The Morgan fingerprint density at radius 1 is 1.12 bits per heavy atom. The molecule has 0 spiro atoms. The third-order valence-corrected chi connectivity index (χ3v) is 5.13. The third-order valence-electron chi connectivity index (χ3n) is 4.90. The molecule has 0 atom stereocenters. The maximum atomic E-state index is 12.2. The van der Waals surface area contributed by atoms with Crippen molar-refractivity contribution in [3.05, 3.63) is 80.2 Å². The summed E-state index contributed by atoms with van der Waals surface area (Å²) in [6, 6.07) is 14.2. The molecule has 3 aromatic rings. The van der Waals surface area contributed by atoms with E-state index in [1.54, 1.807) is 6.07 Å². The molecule has 24 heavy (non-hydrogen) atoms. The van der Waals surface area contributed by atoms with Gasteiger partial charge >= 0.3 is 0 Å². The number of fused-ring (bicyclic) bond motifs is 2. The van der Waals surface area contributed by atoms with Crippen molar-refractivity contribution in [2.75, 3.05) is 6.54 Å². The molecule has 2 heterocycles. The van der Waals surface area contributed by atoms with Crippen LogP contribution in [0.25, 0.3) is 10.8 Å². The molecule has 4 heteroatoms. The maximum Gasteiger partial charge on any atom is 0.256 e. The quantitative estimate of drug-likeness (QED) is 0.765. The van der Waals surface area contributed by atoms with Gasteiger partial charge in [0.05, 0.1) is 0 Å². The number of pyridine rings is 1. The average Bonchev–Trinajstić information content (AvgIpc) is 2.58. The van der Waals surface area contributed by atoms with Crippen LogP contribution in [0, 0.1) is 6.92 Å². The lowest BCUT2D eigenvalue weighted by atomic mass is 9.98. The highest BCUT2D eigenvalue weighted by Gasteiger charge is 2.18. The molecule has 0 radical (unpaired) electrons. The highest BCUT2D eigenvalue weighted by molar-refractivity contribution is 6.31. The molecule has 2 aromatic carbocycles. The number of nitrogens with one attached hydrogen (secondary N) is 1. The molecule has 1 aliphatic heterocycles. The molecule has 0 saturated carbocycles. The first-order chi connectivity index (χ1) is 11.6. The number of hydrogen-bond donors (Lipinski definition) is 1. The van der Waals surface area contributed by atoms with Gasteiger partial charge in [-0.2, -0.15) is 0 Å². The number of rotatable bonds is 2. The van der Waals surface area contributed by atoms with Gasteiger partial charge in [0.2, 0.25) is 0 Å². The van der Waals surface area contributed by atoms with E-state index >= 15 is 0 Å². The van der Waals surface area contributed by atoms with Crippen molar-refractivity contribution in [3.63, 3.8) is 0 Å². The summed E-state index contributed by atoms with van der Waals surface area (Å²) < 4.78 is 0. The normalized spacial score (nSPS) is 14.8. The zero-order valence-electron chi connectivity index (χ0n) is 13.6. The summed E-state index contributed by atoms with van der Waals surface area (Å²) in [6.07, 6.45) is 1.07. The minimum Gasteiger partial charge on any atom is -0.326 e. The van der Waals surface area contributed by atoms with E-state index in [1.165, 1.54) is 16.7 Å². The van der Waals surface area contributed by atoms with Gasteiger partial charge < -0.3 is 4.98 Å². The first-order valence-corrected chi connectivity index (χ1v) is 8.60. The number of hydrogen-bond acceptors (Lipinski definition) is 2. The molecule has 0 saturated heterocycles. The predicted octanol–water partition coefficient (Wildman–Crippen LogP) is 4.05. The highest BCUT2D eigenvalue weighted by atomic mass is 35.5. The molecule has 4 rings (SSSR count). The van der Waals surface area contributed by atoms with E-state index in [1.807, 2.05) is 19.1 Å². The smallest absolute Gasteiger partial charge is 0.256 e. The Morgan fingerprint density at radius 3 is 2.75 bits per heavy atom. The Labute approximate surface area is 145 Å². The molecule has 1 aromatic heterocycles. The summed E-state index contributed by atoms with van der Waals surface area (Å²) in [5, 5.41) is 2.26. The van der Waals surface area contributed by atoms with E-state index < -0.39 is 0 Å². The number of H-pyrrole nitrogens is 1. The van der Waals surface area contributed by atoms with Crippen LogP contribution in [-0.2, 0) is 19.5 Å². The fourth-order valence-corrected chi connectivity index (χ4v) is 3.77. The minimum absolute atomic E-state index is 0.0715. The lowest BCUT2D eigenvalue weighted by molar-refractivity contribution is 0.245. The van der Waals surface area contributed by atoms with Crippen LogP contribution in [0.5, 0.6) is 0 Å². The number of benzene rings is 2. The summed E-state index contributed by atoms with van der Waals surface area (Å²) in [5.41, 5.74) is 4.90. The molecule has 0 amide bonds. The second kappa shape index (κ2) is 6.08. The Bertz CT molecular complexity index is 977. The largest absolute Gasteiger partial charge is 0.326 e. The van der Waals surface area contributed by atoms with Gasteiger partial charge in [-0.3, -0.25) is 9.69 Å². The van der Waals surface area contributed by atoms with Gasteiger partial charge in [0.25, 0.3) is 5.56 Å². The van der Waals surface area contributed by atoms with Gasteiger partial charge in [-0.15, -0.1) is 0 Å². The maximum absolute atomic E-state index is 12.2. The summed E-state index contributed by atoms with van der Waals surface area (Å²) >= 11 is 6.07. The van der Waals surface area contributed by atoms with Crippen LogP contribution in [0.4, 0.5) is 0 Å². The van der Waals surface area contributed by atoms with Crippen LogP contribution in [0.3, 0.4) is 0 Å². The number of halogens is 1. The van der Waals surface area contributed by atoms with Crippen LogP contribution >= 0.6 is 11.6 Å². The molecule has 0 aliphatic carbocycles. The van der Waals surface area contributed by atoms with Gasteiger partial charge in [0.15, 0.2) is 0 Å². The second-order valence-electron chi connectivity index (χ2n) is 6.48. The summed E-state index contributed by atoms with van der Waals surface area (Å²) in [4.78, 5) is 17.7. The summed E-state index contributed by atoms with van der Waals surface area (Å²) in [5.74, 6) is 0. The number of aromatic amines is 1. The van der Waals surface area contributed by atoms with Crippen LogP contribution in [0.1, 0.15) is 22.4 Å². The molecule has 0 bridgehead atoms. The summed E-state index contributed by atoms with van der Waals surface area (Å²) in [7, 11) is 0. The van der Waals surface area contributed by atoms with Gasteiger partial charge in [0, 0.05) is 35.7 Å². The van der Waals surface area contributed by atoms with Crippen molar-refractivity contribution in [1.29, 1.82) is 0 Å². The number of aromatic nitrogens is 1. The van der Waals surface area contributed by atoms with Crippen molar-refractivity contribution in [2.45, 2.75) is 26.4 Å². The monoisotopic (exact) mass is 338 g/mol. The molecular weight excluding hydrogens is 320 g/mol. The van der Waals surface area contributed by atoms with Crippen molar-refractivity contribution in [1.82, 2.24) is 9.88 Å². The molecule has 1 N–H and O–H groups in total. The first kappa shape index (κ1) is 15.4. The standard InChI is InChI=1S/C20H19ClN2O/c1-13-19(17-7-6-16(21)10-18(17)20(24)22-13)12-23-9-8-14-4-2-3-5-15(14)11-23/h2-7,10H,8-9,11-12H2,1H3,(H,22,24). The van der Waals surface area contributed by atoms with Crippen LogP contribution < -0.4 is 5.56 Å². The van der Waals surface area contributed by atoms with Gasteiger partial charge in [0.1, 0.15) is 0 Å². The molecule has 0 unspecified atom stereocenters. The van der Waals surface area contributed by atoms with E-state index in [4.69, 9.17) is 11.6 Å². The zero-order chi connectivity index (χ0) is 16.7. The Kier molecular flexibility index (Phi) is 3.91. The summed E-state index contributed by atoms with van der Waals surface area (Å²) in [6.45, 7) is 4.78. The molecule has 0 fully saturated rings.